The van der Waals surface area contributed by atoms with Gasteiger partial charge in [0.25, 0.3) is 0 Å². The lowest BCUT2D eigenvalue weighted by Gasteiger charge is -2.23. The summed E-state index contributed by atoms with van der Waals surface area (Å²) in [5.74, 6) is -0.890. The van der Waals surface area contributed by atoms with Crippen molar-refractivity contribution in [3.8, 4) is 0 Å². The first-order valence-corrected chi connectivity index (χ1v) is 7.25. The minimum Gasteiger partial charge on any atom is -0.466 e. The van der Waals surface area contributed by atoms with Gasteiger partial charge in [-0.2, -0.15) is 0 Å². The summed E-state index contributed by atoms with van der Waals surface area (Å²) in [7, 11) is 0. The van der Waals surface area contributed by atoms with Gasteiger partial charge in [0, 0.05) is 6.42 Å². The topological polar surface area (TPSA) is 78.6 Å². The van der Waals surface area contributed by atoms with Crippen LogP contribution in [0.25, 0.3) is 0 Å². The summed E-state index contributed by atoms with van der Waals surface area (Å²) in [4.78, 5) is 23.4. The molecule has 0 bridgehead atoms. The largest absolute Gasteiger partial charge is 0.466 e. The minimum atomic E-state index is -1.32. The molecule has 20 heavy (non-hydrogen) atoms. The van der Waals surface area contributed by atoms with Crippen molar-refractivity contribution >= 4 is 11.9 Å². The quantitative estimate of drug-likeness (QED) is 0.358. The zero-order chi connectivity index (χ0) is 15.4. The van der Waals surface area contributed by atoms with Gasteiger partial charge in [-0.1, -0.05) is 32.8 Å². The van der Waals surface area contributed by atoms with Crippen molar-refractivity contribution in [3.05, 3.63) is 12.7 Å². The summed E-state index contributed by atoms with van der Waals surface area (Å²) in [6.45, 7) is 8.32. The molecular weight excluding hydrogens is 258 g/mol. The molecule has 0 aromatic carbocycles. The Morgan fingerprint density at radius 2 is 1.70 bits per heavy atom. The molecule has 0 aliphatic carbocycles. The van der Waals surface area contributed by atoms with Crippen molar-refractivity contribution in [1.82, 2.24) is 0 Å². The Hall–Kier alpha value is -1.36. The zero-order valence-electron chi connectivity index (χ0n) is 12.7. The Labute approximate surface area is 121 Å². The first-order chi connectivity index (χ1) is 9.50. The van der Waals surface area contributed by atoms with Crippen LogP contribution < -0.4 is 5.73 Å². The average Bonchev–Trinajstić information content (AvgIpc) is 2.45. The Morgan fingerprint density at radius 1 is 1.15 bits per heavy atom. The molecular formula is C15H27NO4. The van der Waals surface area contributed by atoms with Gasteiger partial charge >= 0.3 is 11.9 Å². The van der Waals surface area contributed by atoms with E-state index < -0.39 is 11.5 Å². The van der Waals surface area contributed by atoms with Crippen LogP contribution >= 0.6 is 0 Å². The normalized spacial score (nSPS) is 13.3. The van der Waals surface area contributed by atoms with E-state index in [0.29, 0.717) is 13.2 Å². The number of rotatable bonds is 11. The van der Waals surface area contributed by atoms with Crippen molar-refractivity contribution in [2.45, 2.75) is 57.9 Å². The third-order valence-electron chi connectivity index (χ3n) is 2.98. The number of ether oxygens (including phenoxy) is 2. The smallest absolute Gasteiger partial charge is 0.330 e. The molecule has 116 valence electrons. The molecule has 0 heterocycles. The highest BCUT2D eigenvalue weighted by Crippen LogP contribution is 2.14. The summed E-state index contributed by atoms with van der Waals surface area (Å²) in [5, 5.41) is 0. The molecule has 5 heteroatoms. The first kappa shape index (κ1) is 18.6. The lowest BCUT2D eigenvalue weighted by Crippen LogP contribution is -2.47. The Bertz CT molecular complexity index is 317. The second-order valence-corrected chi connectivity index (χ2v) is 4.81. The Kier molecular flexibility index (Phi) is 9.72. The number of carbonyl (C=O) groups is 2. The lowest BCUT2D eigenvalue weighted by atomic mass is 9.95. The van der Waals surface area contributed by atoms with Crippen molar-refractivity contribution in [3.63, 3.8) is 0 Å². The van der Waals surface area contributed by atoms with Crippen LogP contribution in [0.2, 0.25) is 0 Å². The van der Waals surface area contributed by atoms with E-state index >= 15 is 0 Å². The van der Waals surface area contributed by atoms with E-state index in [2.05, 4.69) is 6.58 Å². The zero-order valence-corrected chi connectivity index (χ0v) is 12.7. The molecule has 0 aliphatic heterocycles. The van der Waals surface area contributed by atoms with Gasteiger partial charge < -0.3 is 15.2 Å². The molecule has 0 saturated heterocycles. The van der Waals surface area contributed by atoms with E-state index in [-0.39, 0.29) is 18.8 Å². The summed E-state index contributed by atoms with van der Waals surface area (Å²) in [5.41, 5.74) is 4.60. The molecule has 0 rings (SSSR count). The van der Waals surface area contributed by atoms with Crippen molar-refractivity contribution < 1.29 is 19.1 Å². The van der Waals surface area contributed by atoms with Gasteiger partial charge in [-0.25, -0.2) is 4.79 Å². The van der Waals surface area contributed by atoms with Crippen molar-refractivity contribution in [2.24, 2.45) is 5.73 Å². The Balaban J connectivity index is 4.18. The first-order valence-electron chi connectivity index (χ1n) is 7.25. The molecule has 0 unspecified atom stereocenters. The molecule has 0 radical (unpaired) electrons. The van der Waals surface area contributed by atoms with E-state index in [1.807, 2.05) is 13.8 Å². The monoisotopic (exact) mass is 285 g/mol. The van der Waals surface area contributed by atoms with Crippen LogP contribution in [0.15, 0.2) is 12.7 Å². The molecule has 0 aromatic heterocycles. The van der Waals surface area contributed by atoms with Gasteiger partial charge in [-0.15, -0.1) is 6.58 Å². The minimum absolute atomic E-state index is 0.0785. The highest BCUT2D eigenvalue weighted by Gasteiger charge is 2.33. The van der Waals surface area contributed by atoms with Gasteiger partial charge in [-0.05, 0) is 19.3 Å². The molecule has 1 atom stereocenters. The molecule has 0 saturated carbocycles. The third kappa shape index (κ3) is 7.28. The highest BCUT2D eigenvalue weighted by atomic mass is 16.5. The fourth-order valence-electron chi connectivity index (χ4n) is 1.44. The number of esters is 2. The summed E-state index contributed by atoms with van der Waals surface area (Å²) in [6, 6.07) is 0. The molecule has 2 N–H and O–H groups in total. The van der Waals surface area contributed by atoms with Crippen LogP contribution in [0.1, 0.15) is 52.4 Å². The molecule has 0 fully saturated rings. The van der Waals surface area contributed by atoms with Crippen molar-refractivity contribution in [2.75, 3.05) is 13.2 Å². The second kappa shape index (κ2) is 10.4. The predicted octanol–water partition coefficient (Wildman–Crippen LogP) is 2.34. The van der Waals surface area contributed by atoms with Crippen LogP contribution in [-0.2, 0) is 19.1 Å². The maximum atomic E-state index is 11.9. The number of hydrogen-bond donors (Lipinski definition) is 1. The number of unbranched alkanes of at least 4 members (excludes halogenated alkanes) is 2. The van der Waals surface area contributed by atoms with E-state index in [9.17, 15) is 9.59 Å². The predicted molar refractivity (Wildman–Crippen MR) is 78.1 cm³/mol. The fraction of sp³-hybridized carbons (Fsp3) is 0.733. The molecule has 0 spiro atoms. The average molecular weight is 285 g/mol. The molecule has 0 aromatic rings. The molecule has 0 amide bonds. The van der Waals surface area contributed by atoms with Crippen LogP contribution in [0, 0.1) is 0 Å². The van der Waals surface area contributed by atoms with E-state index in [0.717, 1.165) is 25.7 Å². The van der Waals surface area contributed by atoms with Crippen LogP contribution in [-0.4, -0.2) is 30.7 Å². The van der Waals surface area contributed by atoms with Crippen molar-refractivity contribution in [1.29, 1.82) is 0 Å². The van der Waals surface area contributed by atoms with E-state index in [1.54, 1.807) is 0 Å². The molecule has 5 nitrogen and oxygen atoms in total. The summed E-state index contributed by atoms with van der Waals surface area (Å²) >= 11 is 0. The van der Waals surface area contributed by atoms with Crippen LogP contribution in [0.3, 0.4) is 0 Å². The summed E-state index contributed by atoms with van der Waals surface area (Å²) in [6.07, 6.45) is 5.08. The highest BCUT2D eigenvalue weighted by molar-refractivity contribution is 5.84. The number of carbonyl (C=O) groups excluding carboxylic acids is 2. The number of hydrogen-bond acceptors (Lipinski definition) is 5. The van der Waals surface area contributed by atoms with Gasteiger partial charge in [0.05, 0.1) is 13.2 Å². The summed E-state index contributed by atoms with van der Waals surface area (Å²) < 4.78 is 10.1. The van der Waals surface area contributed by atoms with Gasteiger partial charge in [-0.3, -0.25) is 4.79 Å². The van der Waals surface area contributed by atoms with Gasteiger partial charge in [0.1, 0.15) is 5.54 Å². The molecule has 0 aliphatic rings. The maximum absolute atomic E-state index is 11.9. The van der Waals surface area contributed by atoms with E-state index in [1.165, 1.54) is 6.08 Å². The van der Waals surface area contributed by atoms with E-state index in [4.69, 9.17) is 15.2 Å². The van der Waals surface area contributed by atoms with Gasteiger partial charge in [0.15, 0.2) is 0 Å². The van der Waals surface area contributed by atoms with Gasteiger partial charge in [0.2, 0.25) is 0 Å². The standard InChI is InChI=1S/C15H27NO4/c1-4-7-11-19-13(17)9-10-15(16,6-3)14(18)20-12-8-5-2/h6H,3-5,7-12,16H2,1-2H3/t15-/m0/s1. The second-order valence-electron chi connectivity index (χ2n) is 4.81. The lowest BCUT2D eigenvalue weighted by molar-refractivity contribution is -0.149. The fourth-order valence-corrected chi connectivity index (χ4v) is 1.44. The SMILES string of the molecule is C=C[C@](N)(CCC(=O)OCCCC)C(=O)OCCCC. The van der Waals surface area contributed by atoms with Crippen LogP contribution in [0.4, 0.5) is 0 Å². The Morgan fingerprint density at radius 3 is 2.20 bits per heavy atom. The van der Waals surface area contributed by atoms with Crippen LogP contribution in [0.5, 0.6) is 0 Å². The third-order valence-corrected chi connectivity index (χ3v) is 2.98. The maximum Gasteiger partial charge on any atom is 0.330 e. The number of nitrogens with two attached hydrogens (primary N) is 1.